The predicted octanol–water partition coefficient (Wildman–Crippen LogP) is 2.64. The number of aromatic hydroxyl groups is 2. The standard InChI is InChI=1S/C11H11BrO4/c1-2-16-11(15)10-7(3-4-12)5-8(13)6-9(10)14/h3-6,13-14H,2H2,1H3. The van der Waals surface area contributed by atoms with Crippen molar-refractivity contribution in [3.05, 3.63) is 28.2 Å². The largest absolute Gasteiger partial charge is 0.508 e. The normalized spacial score (nSPS) is 10.6. The number of phenolic OH excluding ortho intramolecular Hbond substituents is 2. The van der Waals surface area contributed by atoms with Gasteiger partial charge in [-0.25, -0.2) is 4.79 Å². The number of halogens is 1. The summed E-state index contributed by atoms with van der Waals surface area (Å²) >= 11 is 3.06. The first kappa shape index (κ1) is 12.6. The molecule has 1 rings (SSSR count). The molecule has 0 aliphatic rings. The van der Waals surface area contributed by atoms with Gasteiger partial charge in [-0.1, -0.05) is 15.9 Å². The fraction of sp³-hybridized carbons (Fsp3) is 0.182. The molecule has 0 saturated carbocycles. The van der Waals surface area contributed by atoms with Gasteiger partial charge in [0.2, 0.25) is 0 Å². The number of carbonyl (C=O) groups is 1. The van der Waals surface area contributed by atoms with Gasteiger partial charge in [-0.15, -0.1) is 0 Å². The molecule has 0 spiro atoms. The quantitative estimate of drug-likeness (QED) is 0.839. The van der Waals surface area contributed by atoms with Crippen molar-refractivity contribution in [1.29, 1.82) is 0 Å². The average Bonchev–Trinajstić information content (AvgIpc) is 2.17. The fourth-order valence-electron chi connectivity index (χ4n) is 1.26. The first-order chi connectivity index (χ1) is 7.60. The van der Waals surface area contributed by atoms with Crippen molar-refractivity contribution in [3.8, 4) is 11.5 Å². The first-order valence-corrected chi connectivity index (χ1v) is 5.51. The van der Waals surface area contributed by atoms with Gasteiger partial charge in [-0.05, 0) is 29.6 Å². The molecule has 86 valence electrons. The van der Waals surface area contributed by atoms with Gasteiger partial charge >= 0.3 is 5.97 Å². The Morgan fingerprint density at radius 3 is 2.75 bits per heavy atom. The molecule has 0 atom stereocenters. The lowest BCUT2D eigenvalue weighted by Crippen LogP contribution is -2.07. The molecule has 0 aliphatic carbocycles. The predicted molar refractivity (Wildman–Crippen MR) is 63.7 cm³/mol. The van der Waals surface area contributed by atoms with E-state index in [9.17, 15) is 15.0 Å². The van der Waals surface area contributed by atoms with Crippen LogP contribution in [0, 0.1) is 0 Å². The molecule has 0 saturated heterocycles. The van der Waals surface area contributed by atoms with Crippen molar-refractivity contribution in [2.75, 3.05) is 6.61 Å². The molecule has 1 aromatic carbocycles. The molecule has 1 aromatic rings. The van der Waals surface area contributed by atoms with Crippen LogP contribution in [0.25, 0.3) is 6.08 Å². The third kappa shape index (κ3) is 2.76. The van der Waals surface area contributed by atoms with Crippen LogP contribution >= 0.6 is 15.9 Å². The lowest BCUT2D eigenvalue weighted by atomic mass is 10.1. The Hall–Kier alpha value is -1.49. The van der Waals surface area contributed by atoms with E-state index in [2.05, 4.69) is 15.9 Å². The summed E-state index contributed by atoms with van der Waals surface area (Å²) in [6.45, 7) is 1.89. The lowest BCUT2D eigenvalue weighted by Gasteiger charge is -2.08. The van der Waals surface area contributed by atoms with Crippen molar-refractivity contribution >= 4 is 28.0 Å². The van der Waals surface area contributed by atoms with Crippen LogP contribution in [0.15, 0.2) is 17.1 Å². The summed E-state index contributed by atoms with van der Waals surface area (Å²) in [4.78, 5) is 13.1. The lowest BCUT2D eigenvalue weighted by molar-refractivity contribution is 0.0523. The van der Waals surface area contributed by atoms with Crippen LogP contribution in [0.2, 0.25) is 0 Å². The van der Waals surface area contributed by atoms with E-state index in [4.69, 9.17) is 4.74 Å². The molecule has 2 N–H and O–H groups in total. The minimum absolute atomic E-state index is 0.0374. The zero-order valence-corrected chi connectivity index (χ0v) is 10.2. The molecule has 0 bridgehead atoms. The maximum atomic E-state index is 11.6. The molecule has 0 radical (unpaired) electrons. The van der Waals surface area contributed by atoms with Crippen LogP contribution in [-0.4, -0.2) is 22.8 Å². The summed E-state index contributed by atoms with van der Waals surface area (Å²) in [5, 5.41) is 18.9. The maximum Gasteiger partial charge on any atom is 0.342 e. The second-order valence-corrected chi connectivity index (χ2v) is 3.47. The molecule has 0 fully saturated rings. The second-order valence-electron chi connectivity index (χ2n) is 2.94. The highest BCUT2D eigenvalue weighted by Crippen LogP contribution is 2.29. The maximum absolute atomic E-state index is 11.6. The highest BCUT2D eigenvalue weighted by molar-refractivity contribution is 9.11. The zero-order chi connectivity index (χ0) is 12.1. The summed E-state index contributed by atoms with van der Waals surface area (Å²) in [6.07, 6.45) is 1.53. The number of carbonyl (C=O) groups excluding carboxylic acids is 1. The Balaban J connectivity index is 3.29. The number of benzene rings is 1. The van der Waals surface area contributed by atoms with Crippen molar-refractivity contribution in [3.63, 3.8) is 0 Å². The summed E-state index contributed by atoms with van der Waals surface area (Å²) < 4.78 is 4.81. The number of phenols is 2. The van der Waals surface area contributed by atoms with E-state index in [1.54, 1.807) is 6.92 Å². The molecular weight excluding hydrogens is 276 g/mol. The van der Waals surface area contributed by atoms with E-state index in [0.29, 0.717) is 5.56 Å². The highest BCUT2D eigenvalue weighted by Gasteiger charge is 2.17. The van der Waals surface area contributed by atoms with Crippen molar-refractivity contribution in [1.82, 2.24) is 0 Å². The number of esters is 1. The van der Waals surface area contributed by atoms with E-state index in [1.807, 2.05) is 0 Å². The van der Waals surface area contributed by atoms with Crippen LogP contribution in [0.1, 0.15) is 22.8 Å². The van der Waals surface area contributed by atoms with Crippen molar-refractivity contribution in [2.45, 2.75) is 6.92 Å². The third-order valence-corrected chi connectivity index (χ3v) is 2.12. The van der Waals surface area contributed by atoms with E-state index in [-0.39, 0.29) is 23.7 Å². The van der Waals surface area contributed by atoms with Gasteiger partial charge in [0.1, 0.15) is 17.1 Å². The molecule has 0 aliphatic heterocycles. The summed E-state index contributed by atoms with van der Waals surface area (Å²) in [7, 11) is 0. The number of rotatable bonds is 3. The van der Waals surface area contributed by atoms with Crippen LogP contribution in [0.4, 0.5) is 0 Å². The smallest absolute Gasteiger partial charge is 0.342 e. The van der Waals surface area contributed by atoms with Crippen LogP contribution in [-0.2, 0) is 4.74 Å². The SMILES string of the molecule is CCOC(=O)c1c(O)cc(O)cc1C=CBr. The van der Waals surface area contributed by atoms with Crippen molar-refractivity contribution in [2.24, 2.45) is 0 Å². The van der Waals surface area contributed by atoms with Gasteiger partial charge in [-0.3, -0.25) is 0 Å². The third-order valence-electron chi connectivity index (χ3n) is 1.85. The molecule has 5 heteroatoms. The Labute approximate surface area is 101 Å². The summed E-state index contributed by atoms with van der Waals surface area (Å²) in [5.41, 5.74) is 0.420. The molecular formula is C11H11BrO4. The molecule has 0 amide bonds. The first-order valence-electron chi connectivity index (χ1n) is 4.60. The summed E-state index contributed by atoms with van der Waals surface area (Å²) in [5.74, 6) is -1.05. The number of ether oxygens (including phenoxy) is 1. The van der Waals surface area contributed by atoms with Crippen LogP contribution in [0.3, 0.4) is 0 Å². The average molecular weight is 287 g/mol. The van der Waals surface area contributed by atoms with Gasteiger partial charge in [-0.2, -0.15) is 0 Å². The minimum Gasteiger partial charge on any atom is -0.508 e. The van der Waals surface area contributed by atoms with Gasteiger partial charge < -0.3 is 14.9 Å². The Morgan fingerprint density at radius 2 is 2.19 bits per heavy atom. The van der Waals surface area contributed by atoms with Gasteiger partial charge in [0, 0.05) is 6.07 Å². The van der Waals surface area contributed by atoms with E-state index in [0.717, 1.165) is 6.07 Å². The monoisotopic (exact) mass is 286 g/mol. The topological polar surface area (TPSA) is 66.8 Å². The highest BCUT2D eigenvalue weighted by atomic mass is 79.9. The Kier molecular flexibility index (Phi) is 4.37. The second kappa shape index (κ2) is 5.55. The minimum atomic E-state index is -0.624. The van der Waals surface area contributed by atoms with Gasteiger partial charge in [0.15, 0.2) is 0 Å². The van der Waals surface area contributed by atoms with Crippen molar-refractivity contribution < 1.29 is 19.7 Å². The molecule has 4 nitrogen and oxygen atoms in total. The molecule has 16 heavy (non-hydrogen) atoms. The van der Waals surface area contributed by atoms with Gasteiger partial charge in [0.25, 0.3) is 0 Å². The van der Waals surface area contributed by atoms with Crippen LogP contribution in [0.5, 0.6) is 11.5 Å². The molecule has 0 heterocycles. The Bertz CT molecular complexity index is 426. The van der Waals surface area contributed by atoms with E-state index >= 15 is 0 Å². The zero-order valence-electron chi connectivity index (χ0n) is 8.61. The molecule has 0 unspecified atom stereocenters. The van der Waals surface area contributed by atoms with E-state index < -0.39 is 5.97 Å². The molecule has 0 aromatic heterocycles. The fourth-order valence-corrected chi connectivity index (χ4v) is 1.54. The Morgan fingerprint density at radius 1 is 1.50 bits per heavy atom. The van der Waals surface area contributed by atoms with Gasteiger partial charge in [0.05, 0.1) is 6.61 Å². The van der Waals surface area contributed by atoms with Crippen LogP contribution < -0.4 is 0 Å². The number of hydrogen-bond acceptors (Lipinski definition) is 4. The number of hydrogen-bond donors (Lipinski definition) is 2. The summed E-state index contributed by atoms with van der Waals surface area (Å²) in [6, 6.07) is 2.46. The van der Waals surface area contributed by atoms with E-state index in [1.165, 1.54) is 17.1 Å².